The highest BCUT2D eigenvalue weighted by Crippen LogP contribution is 2.17. The van der Waals surface area contributed by atoms with Crippen molar-refractivity contribution in [3.05, 3.63) is 59.2 Å². The molecule has 8 nitrogen and oxygen atoms in total. The lowest BCUT2D eigenvalue weighted by Gasteiger charge is -2.10. The van der Waals surface area contributed by atoms with Gasteiger partial charge >= 0.3 is 11.8 Å². The molecule has 0 spiro atoms. The van der Waals surface area contributed by atoms with Crippen LogP contribution < -0.4 is 20.8 Å². The SMILES string of the molecule is CCCCNC(=O)C(=O)N/N=C\c1ccccc1OCC(=O)Nc1ccc(C)c(C)c1. The molecule has 0 unspecified atom stereocenters. The summed E-state index contributed by atoms with van der Waals surface area (Å²) < 4.78 is 5.60. The lowest BCUT2D eigenvalue weighted by atomic mass is 10.1. The van der Waals surface area contributed by atoms with Gasteiger partial charge in [0.05, 0.1) is 6.21 Å². The summed E-state index contributed by atoms with van der Waals surface area (Å²) in [5, 5.41) is 9.10. The van der Waals surface area contributed by atoms with E-state index in [1.54, 1.807) is 24.3 Å². The van der Waals surface area contributed by atoms with E-state index in [4.69, 9.17) is 4.74 Å². The number of nitrogens with one attached hydrogen (secondary N) is 3. The highest BCUT2D eigenvalue weighted by atomic mass is 16.5. The van der Waals surface area contributed by atoms with Gasteiger partial charge in [0.15, 0.2) is 6.61 Å². The Morgan fingerprint density at radius 1 is 1.03 bits per heavy atom. The summed E-state index contributed by atoms with van der Waals surface area (Å²) in [5.74, 6) is -1.47. The van der Waals surface area contributed by atoms with Crippen LogP contribution in [0.4, 0.5) is 5.69 Å². The molecule has 0 heterocycles. The van der Waals surface area contributed by atoms with Crippen LogP contribution in [-0.2, 0) is 14.4 Å². The van der Waals surface area contributed by atoms with Gasteiger partial charge in [0.1, 0.15) is 5.75 Å². The van der Waals surface area contributed by atoms with Crippen molar-refractivity contribution in [3.8, 4) is 5.75 Å². The summed E-state index contributed by atoms with van der Waals surface area (Å²) in [7, 11) is 0. The first-order valence-electron chi connectivity index (χ1n) is 10.1. The summed E-state index contributed by atoms with van der Waals surface area (Å²) in [6, 6.07) is 12.6. The van der Waals surface area contributed by atoms with Crippen molar-refractivity contribution in [3.63, 3.8) is 0 Å². The maximum Gasteiger partial charge on any atom is 0.329 e. The molecule has 0 bridgehead atoms. The van der Waals surface area contributed by atoms with Crippen molar-refractivity contribution in [2.45, 2.75) is 33.6 Å². The van der Waals surface area contributed by atoms with Gasteiger partial charge in [-0.05, 0) is 55.7 Å². The lowest BCUT2D eigenvalue weighted by Crippen LogP contribution is -2.38. The van der Waals surface area contributed by atoms with Crippen molar-refractivity contribution in [1.29, 1.82) is 0 Å². The van der Waals surface area contributed by atoms with Crippen LogP contribution in [0.1, 0.15) is 36.5 Å². The van der Waals surface area contributed by atoms with Gasteiger partial charge < -0.3 is 15.4 Å². The Kier molecular flexibility index (Phi) is 9.22. The van der Waals surface area contributed by atoms with Crippen molar-refractivity contribution < 1.29 is 19.1 Å². The molecular weight excluding hydrogens is 396 g/mol. The van der Waals surface area contributed by atoms with E-state index < -0.39 is 11.8 Å². The van der Waals surface area contributed by atoms with E-state index in [2.05, 4.69) is 21.2 Å². The van der Waals surface area contributed by atoms with Gasteiger partial charge in [0, 0.05) is 17.8 Å². The molecule has 164 valence electrons. The molecule has 0 radical (unpaired) electrons. The van der Waals surface area contributed by atoms with Crippen LogP contribution in [0.5, 0.6) is 5.75 Å². The second kappa shape index (κ2) is 12.1. The molecule has 0 atom stereocenters. The number of carbonyl (C=O) groups is 3. The molecule has 0 fully saturated rings. The molecule has 8 heteroatoms. The van der Waals surface area contributed by atoms with E-state index >= 15 is 0 Å². The number of benzene rings is 2. The minimum atomic E-state index is -0.849. The number of unbranched alkanes of at least 4 members (excludes halogenated alkanes) is 1. The Labute approximate surface area is 182 Å². The molecular formula is C23H28N4O4. The third-order valence-corrected chi connectivity index (χ3v) is 4.46. The van der Waals surface area contributed by atoms with Gasteiger partial charge in [-0.3, -0.25) is 14.4 Å². The molecule has 31 heavy (non-hydrogen) atoms. The first-order valence-corrected chi connectivity index (χ1v) is 10.1. The first kappa shape index (κ1) is 23.6. The molecule has 0 saturated heterocycles. The van der Waals surface area contributed by atoms with E-state index in [-0.39, 0.29) is 12.5 Å². The largest absolute Gasteiger partial charge is 0.483 e. The predicted molar refractivity (Wildman–Crippen MR) is 120 cm³/mol. The standard InChI is InChI=1S/C23H28N4O4/c1-4-5-12-24-22(29)23(30)27-25-14-18-8-6-7-9-20(18)31-15-21(28)26-19-11-10-16(2)17(3)13-19/h6-11,13-14H,4-5,12,15H2,1-3H3,(H,24,29)(H,26,28)(H,27,30)/b25-14-. The predicted octanol–water partition coefficient (Wildman–Crippen LogP) is 2.69. The summed E-state index contributed by atoms with van der Waals surface area (Å²) in [6.07, 6.45) is 3.07. The number of rotatable bonds is 9. The average molecular weight is 425 g/mol. The number of hydrogen-bond acceptors (Lipinski definition) is 5. The fourth-order valence-electron chi connectivity index (χ4n) is 2.55. The number of aryl methyl sites for hydroxylation is 2. The van der Waals surface area contributed by atoms with Gasteiger partial charge in [-0.15, -0.1) is 0 Å². The van der Waals surface area contributed by atoms with E-state index in [1.165, 1.54) is 6.21 Å². The monoisotopic (exact) mass is 424 g/mol. The molecule has 3 N–H and O–H groups in total. The van der Waals surface area contributed by atoms with Gasteiger partial charge in [-0.2, -0.15) is 5.10 Å². The van der Waals surface area contributed by atoms with Gasteiger partial charge in [-0.25, -0.2) is 5.43 Å². The van der Waals surface area contributed by atoms with Crippen molar-refractivity contribution >= 4 is 29.6 Å². The fourth-order valence-corrected chi connectivity index (χ4v) is 2.55. The molecule has 3 amide bonds. The van der Waals surface area contributed by atoms with Crippen LogP contribution in [0.2, 0.25) is 0 Å². The number of nitrogens with zero attached hydrogens (tertiary/aromatic N) is 1. The number of para-hydroxylation sites is 1. The van der Waals surface area contributed by atoms with Crippen LogP contribution >= 0.6 is 0 Å². The van der Waals surface area contributed by atoms with Crippen molar-refractivity contribution in [1.82, 2.24) is 10.7 Å². The van der Waals surface area contributed by atoms with Gasteiger partial charge in [-0.1, -0.05) is 31.5 Å². The summed E-state index contributed by atoms with van der Waals surface area (Å²) in [5.41, 5.74) is 5.66. The number of hydrazone groups is 1. The summed E-state index contributed by atoms with van der Waals surface area (Å²) in [4.78, 5) is 35.6. The van der Waals surface area contributed by atoms with E-state index in [0.717, 1.165) is 24.0 Å². The van der Waals surface area contributed by atoms with E-state index in [0.29, 0.717) is 23.5 Å². The number of anilines is 1. The second-order valence-electron chi connectivity index (χ2n) is 6.98. The van der Waals surface area contributed by atoms with Gasteiger partial charge in [0.25, 0.3) is 5.91 Å². The van der Waals surface area contributed by atoms with Crippen molar-refractivity contribution in [2.24, 2.45) is 5.10 Å². The Hall–Kier alpha value is -3.68. The Balaban J connectivity index is 1.88. The first-order chi connectivity index (χ1) is 14.9. The summed E-state index contributed by atoms with van der Waals surface area (Å²) in [6.45, 7) is 6.22. The number of carbonyl (C=O) groups excluding carboxylic acids is 3. The van der Waals surface area contributed by atoms with Crippen LogP contribution in [-0.4, -0.2) is 37.1 Å². The van der Waals surface area contributed by atoms with E-state index in [9.17, 15) is 14.4 Å². The zero-order valence-corrected chi connectivity index (χ0v) is 18.0. The molecule has 2 rings (SSSR count). The molecule has 0 aromatic heterocycles. The zero-order chi connectivity index (χ0) is 22.6. The highest BCUT2D eigenvalue weighted by molar-refractivity contribution is 6.35. The molecule has 0 aliphatic heterocycles. The maximum atomic E-state index is 12.2. The van der Waals surface area contributed by atoms with Crippen LogP contribution in [0.25, 0.3) is 0 Å². The lowest BCUT2D eigenvalue weighted by molar-refractivity contribution is -0.139. The van der Waals surface area contributed by atoms with Crippen LogP contribution in [0.15, 0.2) is 47.6 Å². The molecule has 2 aromatic rings. The quantitative estimate of drug-likeness (QED) is 0.249. The normalized spacial score (nSPS) is 10.5. The average Bonchev–Trinajstić information content (AvgIpc) is 2.75. The minimum absolute atomic E-state index is 0.191. The topological polar surface area (TPSA) is 109 Å². The number of amides is 3. The second-order valence-corrected chi connectivity index (χ2v) is 6.98. The molecule has 2 aromatic carbocycles. The maximum absolute atomic E-state index is 12.2. The minimum Gasteiger partial charge on any atom is -0.483 e. The van der Waals surface area contributed by atoms with Crippen LogP contribution in [0, 0.1) is 13.8 Å². The van der Waals surface area contributed by atoms with Crippen LogP contribution in [0.3, 0.4) is 0 Å². The fraction of sp³-hybridized carbons (Fsp3) is 0.304. The Bertz CT molecular complexity index is 956. The Morgan fingerprint density at radius 2 is 1.81 bits per heavy atom. The zero-order valence-electron chi connectivity index (χ0n) is 18.0. The summed E-state index contributed by atoms with van der Waals surface area (Å²) >= 11 is 0. The molecule has 0 aliphatic carbocycles. The third-order valence-electron chi connectivity index (χ3n) is 4.46. The number of ether oxygens (including phenoxy) is 1. The smallest absolute Gasteiger partial charge is 0.329 e. The van der Waals surface area contributed by atoms with E-state index in [1.807, 2.05) is 39.0 Å². The van der Waals surface area contributed by atoms with Crippen molar-refractivity contribution in [2.75, 3.05) is 18.5 Å². The third kappa shape index (κ3) is 7.93. The number of hydrogen-bond donors (Lipinski definition) is 3. The molecule has 0 aliphatic rings. The highest BCUT2D eigenvalue weighted by Gasteiger charge is 2.11. The Morgan fingerprint density at radius 3 is 2.55 bits per heavy atom. The molecule has 0 saturated carbocycles. The van der Waals surface area contributed by atoms with Gasteiger partial charge in [0.2, 0.25) is 0 Å².